The minimum atomic E-state index is 0.0363. The highest BCUT2D eigenvalue weighted by molar-refractivity contribution is 5.87. The summed E-state index contributed by atoms with van der Waals surface area (Å²) >= 11 is 0. The number of amides is 2. The van der Waals surface area contributed by atoms with Gasteiger partial charge >= 0.3 is 0 Å². The van der Waals surface area contributed by atoms with Gasteiger partial charge in [-0.3, -0.25) is 9.59 Å². The van der Waals surface area contributed by atoms with Gasteiger partial charge in [-0.15, -0.1) is 0 Å². The summed E-state index contributed by atoms with van der Waals surface area (Å²) in [6.07, 6.45) is 0.975. The molecule has 0 aromatic heterocycles. The maximum atomic E-state index is 11.8. The molecule has 1 aliphatic carbocycles. The molecule has 0 spiro atoms. The average Bonchev–Trinajstić information content (AvgIpc) is 2.96. The summed E-state index contributed by atoms with van der Waals surface area (Å²) in [6.45, 7) is 7.60. The highest BCUT2D eigenvalue weighted by Crippen LogP contribution is 2.38. The fourth-order valence-corrected chi connectivity index (χ4v) is 1.91. The van der Waals surface area contributed by atoms with Crippen molar-refractivity contribution in [1.82, 2.24) is 9.80 Å². The molecule has 2 unspecified atom stereocenters. The van der Waals surface area contributed by atoms with E-state index in [1.807, 2.05) is 13.8 Å². The third-order valence-corrected chi connectivity index (χ3v) is 3.29. The normalized spacial score (nSPS) is 22.8. The van der Waals surface area contributed by atoms with E-state index in [9.17, 15) is 9.59 Å². The minimum absolute atomic E-state index is 0.0363. The van der Waals surface area contributed by atoms with Crippen molar-refractivity contribution in [3.05, 3.63) is 0 Å². The predicted octanol–water partition coefficient (Wildman–Crippen LogP) is 0.969. The smallest absolute Gasteiger partial charge is 0.242 e. The standard InChI is InChI=1S/C12H22N2O2/c1-5-14(6-2)11(15)8-13(4)12(16)10-7-9(10)3/h9-10H,5-8H2,1-4H3. The maximum absolute atomic E-state index is 11.8. The first-order chi connectivity index (χ1) is 7.51. The average molecular weight is 226 g/mol. The Balaban J connectivity index is 2.41. The molecule has 2 atom stereocenters. The quantitative estimate of drug-likeness (QED) is 0.701. The van der Waals surface area contributed by atoms with Crippen LogP contribution in [-0.2, 0) is 9.59 Å². The molecule has 0 aliphatic heterocycles. The second kappa shape index (κ2) is 5.32. The van der Waals surface area contributed by atoms with Crippen LogP contribution in [0.3, 0.4) is 0 Å². The van der Waals surface area contributed by atoms with Crippen molar-refractivity contribution in [3.8, 4) is 0 Å². The number of carbonyl (C=O) groups is 2. The van der Waals surface area contributed by atoms with Gasteiger partial charge in [0.1, 0.15) is 0 Å². The van der Waals surface area contributed by atoms with Crippen LogP contribution in [0.1, 0.15) is 27.2 Å². The Labute approximate surface area is 97.6 Å². The molecule has 4 heteroatoms. The lowest BCUT2D eigenvalue weighted by atomic mass is 10.3. The zero-order valence-corrected chi connectivity index (χ0v) is 10.7. The number of likely N-dealkylation sites (N-methyl/N-ethyl adjacent to an activating group) is 2. The van der Waals surface area contributed by atoms with E-state index in [4.69, 9.17) is 0 Å². The zero-order valence-electron chi connectivity index (χ0n) is 10.7. The molecule has 1 saturated carbocycles. The predicted molar refractivity (Wildman–Crippen MR) is 62.8 cm³/mol. The van der Waals surface area contributed by atoms with Crippen LogP contribution >= 0.6 is 0 Å². The summed E-state index contributed by atoms with van der Waals surface area (Å²) in [5, 5.41) is 0. The van der Waals surface area contributed by atoms with Gasteiger partial charge in [-0.2, -0.15) is 0 Å². The van der Waals surface area contributed by atoms with Crippen LogP contribution in [0.25, 0.3) is 0 Å². The lowest BCUT2D eigenvalue weighted by Crippen LogP contribution is -2.41. The van der Waals surface area contributed by atoms with Crippen LogP contribution in [0.15, 0.2) is 0 Å². The van der Waals surface area contributed by atoms with Crippen molar-refractivity contribution >= 4 is 11.8 Å². The summed E-state index contributed by atoms with van der Waals surface area (Å²) in [4.78, 5) is 26.9. The molecule has 2 amide bonds. The summed E-state index contributed by atoms with van der Waals surface area (Å²) in [5.41, 5.74) is 0. The Morgan fingerprint density at radius 1 is 1.25 bits per heavy atom. The fourth-order valence-electron chi connectivity index (χ4n) is 1.91. The van der Waals surface area contributed by atoms with Gasteiger partial charge in [-0.25, -0.2) is 0 Å². The van der Waals surface area contributed by atoms with Crippen molar-refractivity contribution in [2.75, 3.05) is 26.7 Å². The SMILES string of the molecule is CCN(CC)C(=O)CN(C)C(=O)C1CC1C. The molecule has 92 valence electrons. The van der Waals surface area contributed by atoms with E-state index < -0.39 is 0 Å². The topological polar surface area (TPSA) is 40.6 Å². The number of hydrogen-bond donors (Lipinski definition) is 0. The number of carbonyl (C=O) groups excluding carboxylic acids is 2. The van der Waals surface area contributed by atoms with Crippen LogP contribution in [0.4, 0.5) is 0 Å². The molecule has 1 aliphatic rings. The zero-order chi connectivity index (χ0) is 12.3. The number of rotatable bonds is 5. The Kier molecular flexibility index (Phi) is 4.33. The Morgan fingerprint density at radius 3 is 2.12 bits per heavy atom. The van der Waals surface area contributed by atoms with Gasteiger partial charge in [-0.1, -0.05) is 6.92 Å². The number of hydrogen-bond acceptors (Lipinski definition) is 2. The van der Waals surface area contributed by atoms with Crippen molar-refractivity contribution in [3.63, 3.8) is 0 Å². The van der Waals surface area contributed by atoms with Gasteiger partial charge < -0.3 is 9.80 Å². The lowest BCUT2D eigenvalue weighted by molar-refractivity contribution is -0.140. The molecular weight excluding hydrogens is 204 g/mol. The minimum Gasteiger partial charge on any atom is -0.342 e. The Morgan fingerprint density at radius 2 is 1.75 bits per heavy atom. The first-order valence-electron chi connectivity index (χ1n) is 6.03. The molecule has 1 rings (SSSR count). The summed E-state index contributed by atoms with van der Waals surface area (Å²) < 4.78 is 0. The van der Waals surface area contributed by atoms with Gasteiger partial charge in [0.2, 0.25) is 11.8 Å². The van der Waals surface area contributed by atoms with Crippen molar-refractivity contribution in [2.24, 2.45) is 11.8 Å². The van der Waals surface area contributed by atoms with Crippen LogP contribution in [0.5, 0.6) is 0 Å². The highest BCUT2D eigenvalue weighted by atomic mass is 16.2. The molecular formula is C12H22N2O2. The molecule has 4 nitrogen and oxygen atoms in total. The molecule has 0 aromatic carbocycles. The van der Waals surface area contributed by atoms with Gasteiger partial charge in [0.15, 0.2) is 0 Å². The van der Waals surface area contributed by atoms with Gasteiger partial charge in [-0.05, 0) is 26.2 Å². The fraction of sp³-hybridized carbons (Fsp3) is 0.833. The van der Waals surface area contributed by atoms with Crippen molar-refractivity contribution in [1.29, 1.82) is 0 Å². The van der Waals surface area contributed by atoms with Gasteiger partial charge in [0.05, 0.1) is 6.54 Å². The summed E-state index contributed by atoms with van der Waals surface area (Å²) in [7, 11) is 1.72. The van der Waals surface area contributed by atoms with E-state index in [0.717, 1.165) is 6.42 Å². The third-order valence-electron chi connectivity index (χ3n) is 3.29. The van der Waals surface area contributed by atoms with E-state index in [1.165, 1.54) is 0 Å². The third kappa shape index (κ3) is 2.97. The van der Waals surface area contributed by atoms with E-state index in [1.54, 1.807) is 16.8 Å². The molecule has 1 fully saturated rings. The maximum Gasteiger partial charge on any atom is 0.242 e. The van der Waals surface area contributed by atoms with Crippen molar-refractivity contribution in [2.45, 2.75) is 27.2 Å². The first-order valence-corrected chi connectivity index (χ1v) is 6.03. The van der Waals surface area contributed by atoms with Crippen LogP contribution in [0, 0.1) is 11.8 Å². The van der Waals surface area contributed by atoms with Gasteiger partial charge in [0, 0.05) is 26.1 Å². The summed E-state index contributed by atoms with van der Waals surface area (Å²) in [5.74, 6) is 0.815. The molecule has 0 radical (unpaired) electrons. The van der Waals surface area contributed by atoms with Gasteiger partial charge in [0.25, 0.3) is 0 Å². The molecule has 0 N–H and O–H groups in total. The Bertz CT molecular complexity index is 274. The van der Waals surface area contributed by atoms with Crippen LogP contribution in [-0.4, -0.2) is 48.3 Å². The van der Waals surface area contributed by atoms with Crippen molar-refractivity contribution < 1.29 is 9.59 Å². The molecule has 0 heterocycles. The largest absolute Gasteiger partial charge is 0.342 e. The van der Waals surface area contributed by atoms with E-state index in [-0.39, 0.29) is 24.3 Å². The molecule has 0 bridgehead atoms. The Hall–Kier alpha value is -1.06. The highest BCUT2D eigenvalue weighted by Gasteiger charge is 2.40. The van der Waals surface area contributed by atoms with Crippen LogP contribution in [0.2, 0.25) is 0 Å². The van der Waals surface area contributed by atoms with E-state index in [2.05, 4.69) is 6.92 Å². The van der Waals surface area contributed by atoms with Crippen LogP contribution < -0.4 is 0 Å². The second-order valence-electron chi connectivity index (χ2n) is 4.58. The second-order valence-corrected chi connectivity index (χ2v) is 4.58. The lowest BCUT2D eigenvalue weighted by Gasteiger charge is -2.23. The summed E-state index contributed by atoms with van der Waals surface area (Å²) in [6, 6.07) is 0. The molecule has 0 aromatic rings. The molecule has 16 heavy (non-hydrogen) atoms. The first kappa shape index (κ1) is 13.0. The molecule has 0 saturated heterocycles. The number of nitrogens with zero attached hydrogens (tertiary/aromatic N) is 2. The van der Waals surface area contributed by atoms with E-state index in [0.29, 0.717) is 19.0 Å². The monoisotopic (exact) mass is 226 g/mol. The van der Waals surface area contributed by atoms with E-state index >= 15 is 0 Å².